The Bertz CT molecular complexity index is 225. The van der Waals surface area contributed by atoms with Gasteiger partial charge in [-0.1, -0.05) is 0 Å². The zero-order chi connectivity index (χ0) is 9.64. The van der Waals surface area contributed by atoms with Crippen LogP contribution in [0.25, 0.3) is 0 Å². The lowest BCUT2D eigenvalue weighted by Gasteiger charge is -2.61. The largest absolute Gasteiger partial charge is 0.376 e. The third-order valence-electron chi connectivity index (χ3n) is 3.17. The lowest BCUT2D eigenvalue weighted by Crippen LogP contribution is -2.74. The lowest BCUT2D eigenvalue weighted by molar-refractivity contribution is -0.0991. The van der Waals surface area contributed by atoms with E-state index in [4.69, 9.17) is 18.0 Å². The van der Waals surface area contributed by atoms with Gasteiger partial charge in [-0.2, -0.15) is 0 Å². The molecular weight excluding hydrogens is 182 g/mol. The number of likely N-dealkylation sites (tertiary alicyclic amines) is 2. The average Bonchev–Trinajstić information content (AvgIpc) is 1.78. The van der Waals surface area contributed by atoms with Gasteiger partial charge in [-0.3, -0.25) is 4.90 Å². The molecule has 2 aliphatic rings. The molecule has 0 atom stereocenters. The summed E-state index contributed by atoms with van der Waals surface area (Å²) in [6.45, 7) is 9.10. The Labute approximate surface area is 84.9 Å². The van der Waals surface area contributed by atoms with Crippen LogP contribution in [-0.4, -0.2) is 47.1 Å². The van der Waals surface area contributed by atoms with Crippen LogP contribution < -0.4 is 5.73 Å². The maximum absolute atomic E-state index is 5.54. The molecule has 1 spiro atoms. The highest BCUT2D eigenvalue weighted by Gasteiger charge is 2.52. The SMILES string of the molecule is CC(C)N1CC2(CN(C(N)=S)C2)C1. The summed E-state index contributed by atoms with van der Waals surface area (Å²) in [5.41, 5.74) is 6.07. The number of nitrogens with zero attached hydrogens (tertiary/aromatic N) is 2. The molecule has 0 aromatic rings. The average molecular weight is 199 g/mol. The van der Waals surface area contributed by atoms with Gasteiger partial charge in [0.1, 0.15) is 0 Å². The Hall–Kier alpha value is -0.350. The molecule has 2 fully saturated rings. The summed E-state index contributed by atoms with van der Waals surface area (Å²) in [6, 6.07) is 0.685. The smallest absolute Gasteiger partial charge is 0.166 e. The van der Waals surface area contributed by atoms with E-state index in [2.05, 4.69) is 23.6 Å². The number of hydrogen-bond donors (Lipinski definition) is 1. The van der Waals surface area contributed by atoms with E-state index in [-0.39, 0.29) is 0 Å². The van der Waals surface area contributed by atoms with Crippen molar-refractivity contribution in [3.8, 4) is 0 Å². The summed E-state index contributed by atoms with van der Waals surface area (Å²) in [7, 11) is 0. The van der Waals surface area contributed by atoms with Crippen molar-refractivity contribution in [2.75, 3.05) is 26.2 Å². The van der Waals surface area contributed by atoms with E-state index in [1.807, 2.05) is 0 Å². The van der Waals surface area contributed by atoms with Gasteiger partial charge in [-0.05, 0) is 26.1 Å². The van der Waals surface area contributed by atoms with Gasteiger partial charge in [-0.15, -0.1) is 0 Å². The molecule has 2 aliphatic heterocycles. The standard InChI is InChI=1S/C9H17N3S/c1-7(2)11-3-9(4-11)5-12(6-9)8(10)13/h7H,3-6H2,1-2H3,(H2,10,13). The van der Waals surface area contributed by atoms with Crippen molar-refractivity contribution in [2.24, 2.45) is 11.1 Å². The molecule has 4 heteroatoms. The first-order valence-corrected chi connectivity index (χ1v) is 5.22. The summed E-state index contributed by atoms with van der Waals surface area (Å²) in [5.74, 6) is 0. The summed E-state index contributed by atoms with van der Waals surface area (Å²) < 4.78 is 0. The second-order valence-corrected chi connectivity index (χ2v) is 5.11. The maximum atomic E-state index is 5.54. The molecule has 0 bridgehead atoms. The minimum absolute atomic E-state index is 0.535. The van der Waals surface area contributed by atoms with Crippen molar-refractivity contribution in [2.45, 2.75) is 19.9 Å². The molecule has 0 amide bonds. The molecule has 2 saturated heterocycles. The Kier molecular flexibility index (Phi) is 2.00. The van der Waals surface area contributed by atoms with Gasteiger partial charge in [0, 0.05) is 37.6 Å². The van der Waals surface area contributed by atoms with E-state index in [0.29, 0.717) is 16.6 Å². The molecule has 0 unspecified atom stereocenters. The van der Waals surface area contributed by atoms with E-state index in [1.165, 1.54) is 13.1 Å². The second kappa shape index (κ2) is 2.82. The fourth-order valence-electron chi connectivity index (χ4n) is 2.30. The minimum Gasteiger partial charge on any atom is -0.376 e. The van der Waals surface area contributed by atoms with E-state index >= 15 is 0 Å². The number of nitrogens with two attached hydrogens (primary N) is 1. The van der Waals surface area contributed by atoms with Crippen LogP contribution in [0.4, 0.5) is 0 Å². The molecular formula is C9H17N3S. The van der Waals surface area contributed by atoms with Crippen LogP contribution in [0.5, 0.6) is 0 Å². The Morgan fingerprint density at radius 1 is 1.31 bits per heavy atom. The van der Waals surface area contributed by atoms with Crippen molar-refractivity contribution in [3.63, 3.8) is 0 Å². The fraction of sp³-hybridized carbons (Fsp3) is 0.889. The van der Waals surface area contributed by atoms with Gasteiger partial charge in [0.2, 0.25) is 0 Å². The highest BCUT2D eigenvalue weighted by Crippen LogP contribution is 2.40. The quantitative estimate of drug-likeness (QED) is 0.614. The first-order chi connectivity index (χ1) is 6.02. The van der Waals surface area contributed by atoms with Crippen molar-refractivity contribution in [3.05, 3.63) is 0 Å². The molecule has 13 heavy (non-hydrogen) atoms. The third kappa shape index (κ3) is 1.42. The molecule has 2 rings (SSSR count). The third-order valence-corrected chi connectivity index (χ3v) is 3.43. The summed E-state index contributed by atoms with van der Waals surface area (Å²) in [6.07, 6.45) is 0. The molecule has 3 nitrogen and oxygen atoms in total. The van der Waals surface area contributed by atoms with Crippen molar-refractivity contribution in [1.29, 1.82) is 0 Å². The molecule has 0 aliphatic carbocycles. The van der Waals surface area contributed by atoms with Gasteiger partial charge in [0.15, 0.2) is 5.11 Å². The molecule has 2 heterocycles. The van der Waals surface area contributed by atoms with E-state index in [1.54, 1.807) is 0 Å². The van der Waals surface area contributed by atoms with Crippen LogP contribution in [0.1, 0.15) is 13.8 Å². The Balaban J connectivity index is 1.79. The van der Waals surface area contributed by atoms with E-state index in [9.17, 15) is 0 Å². The number of thiocarbonyl (C=S) groups is 1. The first-order valence-electron chi connectivity index (χ1n) is 4.81. The number of rotatable bonds is 1. The van der Waals surface area contributed by atoms with Crippen LogP contribution in [-0.2, 0) is 0 Å². The summed E-state index contributed by atoms with van der Waals surface area (Å²) >= 11 is 4.91. The molecule has 74 valence electrons. The predicted octanol–water partition coefficient (Wildman–Crippen LogP) is 0.256. The van der Waals surface area contributed by atoms with Gasteiger partial charge in [0.05, 0.1) is 0 Å². The Morgan fingerprint density at radius 3 is 2.23 bits per heavy atom. The highest BCUT2D eigenvalue weighted by molar-refractivity contribution is 7.80. The Morgan fingerprint density at radius 2 is 1.85 bits per heavy atom. The zero-order valence-corrected chi connectivity index (χ0v) is 9.10. The molecule has 0 saturated carbocycles. The van der Waals surface area contributed by atoms with E-state index < -0.39 is 0 Å². The van der Waals surface area contributed by atoms with Gasteiger partial charge >= 0.3 is 0 Å². The van der Waals surface area contributed by atoms with Crippen molar-refractivity contribution < 1.29 is 0 Å². The zero-order valence-electron chi connectivity index (χ0n) is 8.29. The van der Waals surface area contributed by atoms with Crippen LogP contribution in [0, 0.1) is 5.41 Å². The second-order valence-electron chi connectivity index (χ2n) is 4.69. The molecule has 0 aromatic carbocycles. The number of hydrogen-bond acceptors (Lipinski definition) is 2. The van der Waals surface area contributed by atoms with E-state index in [0.717, 1.165) is 13.1 Å². The highest BCUT2D eigenvalue weighted by atomic mass is 32.1. The van der Waals surface area contributed by atoms with Crippen molar-refractivity contribution >= 4 is 17.3 Å². The van der Waals surface area contributed by atoms with Crippen LogP contribution in [0.3, 0.4) is 0 Å². The molecule has 0 aromatic heterocycles. The van der Waals surface area contributed by atoms with Gasteiger partial charge < -0.3 is 10.6 Å². The van der Waals surface area contributed by atoms with Crippen LogP contribution in [0.2, 0.25) is 0 Å². The van der Waals surface area contributed by atoms with Gasteiger partial charge in [-0.25, -0.2) is 0 Å². The first kappa shape index (κ1) is 9.21. The molecule has 0 radical (unpaired) electrons. The molecule has 2 N–H and O–H groups in total. The fourth-order valence-corrected chi connectivity index (χ4v) is 2.43. The maximum Gasteiger partial charge on any atom is 0.166 e. The van der Waals surface area contributed by atoms with Crippen LogP contribution in [0.15, 0.2) is 0 Å². The lowest BCUT2D eigenvalue weighted by atomic mass is 9.72. The summed E-state index contributed by atoms with van der Waals surface area (Å²) in [5, 5.41) is 0.564. The normalized spacial score (nSPS) is 25.9. The predicted molar refractivity (Wildman–Crippen MR) is 57.5 cm³/mol. The van der Waals surface area contributed by atoms with Crippen LogP contribution >= 0.6 is 12.2 Å². The topological polar surface area (TPSA) is 32.5 Å². The summed E-state index contributed by atoms with van der Waals surface area (Å²) in [4.78, 5) is 4.59. The van der Waals surface area contributed by atoms with Gasteiger partial charge in [0.25, 0.3) is 0 Å². The monoisotopic (exact) mass is 199 g/mol. The van der Waals surface area contributed by atoms with Crippen molar-refractivity contribution in [1.82, 2.24) is 9.80 Å². The minimum atomic E-state index is 0.535.